The van der Waals surface area contributed by atoms with Crippen LogP contribution in [0.4, 0.5) is 16.2 Å². The third kappa shape index (κ3) is 3.75. The highest BCUT2D eigenvalue weighted by molar-refractivity contribution is 6.01. The van der Waals surface area contributed by atoms with Gasteiger partial charge in [0.05, 0.1) is 12.8 Å². The van der Waals surface area contributed by atoms with Gasteiger partial charge in [-0.25, -0.2) is 4.79 Å². The highest BCUT2D eigenvalue weighted by Crippen LogP contribution is 2.25. The molecule has 0 aliphatic rings. The number of hydrogen-bond donors (Lipinski definition) is 2. The molecule has 0 bridgehead atoms. The summed E-state index contributed by atoms with van der Waals surface area (Å²) in [6, 6.07) is 11.3. The lowest BCUT2D eigenvalue weighted by Gasteiger charge is -2.13. The molecule has 0 unspecified atom stereocenters. The standard InChI is InChI=1S/C17H20N2O2/c1-11-5-7-13(3)14(9-11)18-17(20)19-15-10-12(2)6-8-16(15)21-4/h5-10H,1-4H3,(H2,18,19,20). The van der Waals surface area contributed by atoms with E-state index in [9.17, 15) is 4.79 Å². The smallest absolute Gasteiger partial charge is 0.323 e. The highest BCUT2D eigenvalue weighted by Gasteiger charge is 2.09. The number of benzene rings is 2. The molecule has 0 fully saturated rings. The Kier molecular flexibility index (Phi) is 4.48. The molecular weight excluding hydrogens is 264 g/mol. The minimum atomic E-state index is -0.285. The van der Waals surface area contributed by atoms with E-state index in [2.05, 4.69) is 10.6 Å². The molecule has 21 heavy (non-hydrogen) atoms. The molecular formula is C17H20N2O2. The zero-order chi connectivity index (χ0) is 15.4. The van der Waals surface area contributed by atoms with Crippen molar-refractivity contribution >= 4 is 17.4 Å². The average molecular weight is 284 g/mol. The SMILES string of the molecule is COc1ccc(C)cc1NC(=O)Nc1cc(C)ccc1C. The van der Waals surface area contributed by atoms with Crippen molar-refractivity contribution in [1.82, 2.24) is 0 Å². The molecule has 4 heteroatoms. The Morgan fingerprint density at radius 3 is 2.14 bits per heavy atom. The van der Waals surface area contributed by atoms with Crippen LogP contribution in [0.1, 0.15) is 16.7 Å². The Morgan fingerprint density at radius 2 is 1.48 bits per heavy atom. The molecule has 0 saturated carbocycles. The lowest BCUT2D eigenvalue weighted by Crippen LogP contribution is -2.20. The van der Waals surface area contributed by atoms with E-state index < -0.39 is 0 Å². The number of nitrogens with one attached hydrogen (secondary N) is 2. The number of carbonyl (C=O) groups excluding carboxylic acids is 1. The summed E-state index contributed by atoms with van der Waals surface area (Å²) in [5.41, 5.74) is 4.63. The first kappa shape index (κ1) is 14.9. The van der Waals surface area contributed by atoms with Crippen LogP contribution in [0.5, 0.6) is 5.75 Å². The minimum absolute atomic E-state index is 0.285. The van der Waals surface area contributed by atoms with Gasteiger partial charge in [0.15, 0.2) is 0 Å². The topological polar surface area (TPSA) is 50.4 Å². The van der Waals surface area contributed by atoms with Crippen molar-refractivity contribution in [3.05, 3.63) is 53.1 Å². The molecule has 0 atom stereocenters. The van der Waals surface area contributed by atoms with Gasteiger partial charge in [-0.15, -0.1) is 0 Å². The van der Waals surface area contributed by atoms with E-state index in [0.29, 0.717) is 11.4 Å². The van der Waals surface area contributed by atoms with Crippen molar-refractivity contribution in [3.63, 3.8) is 0 Å². The zero-order valence-corrected chi connectivity index (χ0v) is 12.8. The second-order valence-corrected chi connectivity index (χ2v) is 5.10. The average Bonchev–Trinajstić information content (AvgIpc) is 2.43. The van der Waals surface area contributed by atoms with E-state index in [1.165, 1.54) is 0 Å². The monoisotopic (exact) mass is 284 g/mol. The molecule has 0 saturated heterocycles. The van der Waals surface area contributed by atoms with Gasteiger partial charge in [0.2, 0.25) is 0 Å². The van der Waals surface area contributed by atoms with Gasteiger partial charge in [0, 0.05) is 5.69 Å². The van der Waals surface area contributed by atoms with E-state index in [0.717, 1.165) is 22.4 Å². The van der Waals surface area contributed by atoms with Crippen LogP contribution >= 0.6 is 0 Å². The number of amides is 2. The molecule has 0 heterocycles. The van der Waals surface area contributed by atoms with Crippen molar-refractivity contribution in [3.8, 4) is 5.75 Å². The van der Waals surface area contributed by atoms with Crippen molar-refractivity contribution in [1.29, 1.82) is 0 Å². The molecule has 0 aliphatic heterocycles. The fourth-order valence-corrected chi connectivity index (χ4v) is 2.07. The fraction of sp³-hybridized carbons (Fsp3) is 0.235. The zero-order valence-electron chi connectivity index (χ0n) is 12.8. The molecule has 0 radical (unpaired) electrons. The van der Waals surface area contributed by atoms with Crippen LogP contribution in [0.25, 0.3) is 0 Å². The third-order valence-corrected chi connectivity index (χ3v) is 3.24. The van der Waals surface area contributed by atoms with Gasteiger partial charge in [-0.1, -0.05) is 18.2 Å². The van der Waals surface area contributed by atoms with Crippen molar-refractivity contribution < 1.29 is 9.53 Å². The Hall–Kier alpha value is -2.49. The molecule has 2 amide bonds. The number of carbonyl (C=O) groups is 1. The number of methoxy groups -OCH3 is 1. The van der Waals surface area contributed by atoms with Crippen molar-refractivity contribution in [2.24, 2.45) is 0 Å². The maximum atomic E-state index is 12.1. The quantitative estimate of drug-likeness (QED) is 0.884. The Balaban J connectivity index is 2.15. The van der Waals surface area contributed by atoms with Gasteiger partial charge in [0.25, 0.3) is 0 Å². The molecule has 0 spiro atoms. The third-order valence-electron chi connectivity index (χ3n) is 3.24. The molecule has 0 aromatic heterocycles. The van der Waals surface area contributed by atoms with Crippen LogP contribution in [0.2, 0.25) is 0 Å². The first-order valence-corrected chi connectivity index (χ1v) is 6.79. The molecule has 4 nitrogen and oxygen atoms in total. The maximum absolute atomic E-state index is 12.1. The summed E-state index contributed by atoms with van der Waals surface area (Å²) >= 11 is 0. The van der Waals surface area contributed by atoms with Crippen LogP contribution in [0, 0.1) is 20.8 Å². The van der Waals surface area contributed by atoms with Gasteiger partial charge in [0.1, 0.15) is 5.75 Å². The van der Waals surface area contributed by atoms with Gasteiger partial charge in [-0.3, -0.25) is 0 Å². The Labute approximate surface area is 125 Å². The van der Waals surface area contributed by atoms with Gasteiger partial charge >= 0.3 is 6.03 Å². The van der Waals surface area contributed by atoms with E-state index in [1.807, 2.05) is 57.2 Å². The number of anilines is 2. The molecule has 0 aliphatic carbocycles. The van der Waals surface area contributed by atoms with Crippen LogP contribution in [-0.4, -0.2) is 13.1 Å². The van der Waals surface area contributed by atoms with Crippen LogP contribution in [0.3, 0.4) is 0 Å². The lowest BCUT2D eigenvalue weighted by molar-refractivity contribution is 0.262. The summed E-state index contributed by atoms with van der Waals surface area (Å²) in [6.45, 7) is 5.92. The summed E-state index contributed by atoms with van der Waals surface area (Å²) in [5.74, 6) is 0.636. The number of ether oxygens (including phenoxy) is 1. The number of rotatable bonds is 3. The van der Waals surface area contributed by atoms with E-state index in [-0.39, 0.29) is 6.03 Å². The van der Waals surface area contributed by atoms with Crippen LogP contribution in [-0.2, 0) is 0 Å². The molecule has 110 valence electrons. The first-order valence-electron chi connectivity index (χ1n) is 6.79. The Bertz CT molecular complexity index is 666. The second kappa shape index (κ2) is 6.31. The summed E-state index contributed by atoms with van der Waals surface area (Å²) in [6.07, 6.45) is 0. The second-order valence-electron chi connectivity index (χ2n) is 5.10. The van der Waals surface area contributed by atoms with Gasteiger partial charge < -0.3 is 15.4 Å². The summed E-state index contributed by atoms with van der Waals surface area (Å²) in [7, 11) is 1.58. The summed E-state index contributed by atoms with van der Waals surface area (Å²) in [5, 5.41) is 5.69. The predicted octanol–water partition coefficient (Wildman–Crippen LogP) is 4.26. The summed E-state index contributed by atoms with van der Waals surface area (Å²) in [4.78, 5) is 12.1. The van der Waals surface area contributed by atoms with E-state index in [1.54, 1.807) is 7.11 Å². The molecule has 2 aromatic carbocycles. The number of aryl methyl sites for hydroxylation is 3. The van der Waals surface area contributed by atoms with Gasteiger partial charge in [-0.05, 0) is 55.7 Å². The molecule has 2 rings (SSSR count). The minimum Gasteiger partial charge on any atom is -0.495 e. The lowest BCUT2D eigenvalue weighted by atomic mass is 10.1. The van der Waals surface area contributed by atoms with Crippen molar-refractivity contribution in [2.45, 2.75) is 20.8 Å². The van der Waals surface area contributed by atoms with Gasteiger partial charge in [-0.2, -0.15) is 0 Å². The van der Waals surface area contributed by atoms with Crippen molar-refractivity contribution in [2.75, 3.05) is 17.7 Å². The maximum Gasteiger partial charge on any atom is 0.323 e. The van der Waals surface area contributed by atoms with E-state index in [4.69, 9.17) is 4.74 Å². The largest absolute Gasteiger partial charge is 0.495 e. The predicted molar refractivity (Wildman–Crippen MR) is 86.3 cm³/mol. The van der Waals surface area contributed by atoms with E-state index >= 15 is 0 Å². The molecule has 2 N–H and O–H groups in total. The van der Waals surface area contributed by atoms with Crippen LogP contribution < -0.4 is 15.4 Å². The number of urea groups is 1. The fourth-order valence-electron chi connectivity index (χ4n) is 2.07. The first-order chi connectivity index (χ1) is 9.99. The molecule has 2 aromatic rings. The number of hydrogen-bond acceptors (Lipinski definition) is 2. The van der Waals surface area contributed by atoms with Crippen LogP contribution in [0.15, 0.2) is 36.4 Å². The normalized spacial score (nSPS) is 10.1. The highest BCUT2D eigenvalue weighted by atomic mass is 16.5. The summed E-state index contributed by atoms with van der Waals surface area (Å²) < 4.78 is 5.25. The Morgan fingerprint density at radius 1 is 0.905 bits per heavy atom.